The molecule has 3 amide bonds. The first-order valence-corrected chi connectivity index (χ1v) is 10.7. The molecule has 5 rings (SSSR count). The molecule has 1 saturated heterocycles. The van der Waals surface area contributed by atoms with Crippen molar-refractivity contribution in [1.82, 2.24) is 25.3 Å². The van der Waals surface area contributed by atoms with Crippen molar-refractivity contribution >= 4 is 23.3 Å². The van der Waals surface area contributed by atoms with E-state index >= 15 is 0 Å². The molecule has 34 heavy (non-hydrogen) atoms. The molecule has 10 nitrogen and oxygen atoms in total. The molecular formula is C21H22F3N7O3. The Bertz CT molecular complexity index is 1180. The van der Waals surface area contributed by atoms with Crippen LogP contribution in [0.5, 0.6) is 0 Å². The Morgan fingerprint density at radius 3 is 2.65 bits per heavy atom. The molecular weight excluding hydrogens is 455 g/mol. The number of carbonyl (C=O) groups is 2. The minimum absolute atomic E-state index is 0.0903. The molecule has 0 bridgehead atoms. The molecule has 13 heteroatoms. The summed E-state index contributed by atoms with van der Waals surface area (Å²) in [6, 6.07) is 0.384. The fourth-order valence-electron chi connectivity index (χ4n) is 4.37. The van der Waals surface area contributed by atoms with Gasteiger partial charge in [0.15, 0.2) is 17.5 Å². The van der Waals surface area contributed by atoms with E-state index in [0.29, 0.717) is 30.2 Å². The van der Waals surface area contributed by atoms with Crippen LogP contribution in [0.3, 0.4) is 0 Å². The lowest BCUT2D eigenvalue weighted by molar-refractivity contribution is -0.117. The largest absolute Gasteiger partial charge is 0.392 e. The summed E-state index contributed by atoms with van der Waals surface area (Å²) in [5.41, 5.74) is 3.82. The molecule has 2 aromatic rings. The predicted octanol–water partition coefficient (Wildman–Crippen LogP) is 2.46. The van der Waals surface area contributed by atoms with Crippen LogP contribution in [0.15, 0.2) is 30.3 Å². The Kier molecular flexibility index (Phi) is 5.35. The summed E-state index contributed by atoms with van der Waals surface area (Å²) in [7, 11) is 0. The van der Waals surface area contributed by atoms with Crippen molar-refractivity contribution in [2.45, 2.75) is 45.4 Å². The highest BCUT2D eigenvalue weighted by atomic mass is 19.2. The molecule has 1 aromatic heterocycles. The average Bonchev–Trinajstić information content (AvgIpc) is 3.49. The van der Waals surface area contributed by atoms with Crippen LogP contribution in [0.25, 0.3) is 0 Å². The molecule has 0 saturated carbocycles. The Labute approximate surface area is 192 Å². The number of rotatable bonds is 3. The number of nitrogens with zero attached hydrogens (tertiary/aromatic N) is 5. The maximum absolute atomic E-state index is 13.5. The summed E-state index contributed by atoms with van der Waals surface area (Å²) < 4.78 is 42.1. The molecule has 1 aromatic carbocycles. The van der Waals surface area contributed by atoms with Crippen LogP contribution < -0.4 is 15.8 Å². The molecule has 2 atom stereocenters. The van der Waals surface area contributed by atoms with Crippen LogP contribution in [-0.2, 0) is 22.7 Å². The third-order valence-corrected chi connectivity index (χ3v) is 6.13. The van der Waals surface area contributed by atoms with Gasteiger partial charge in [-0.1, -0.05) is 5.59 Å². The van der Waals surface area contributed by atoms with Crippen LogP contribution in [-0.4, -0.2) is 50.3 Å². The first kappa shape index (κ1) is 22.1. The van der Waals surface area contributed by atoms with Gasteiger partial charge in [0.2, 0.25) is 5.91 Å². The second-order valence-electron chi connectivity index (χ2n) is 8.52. The average molecular weight is 477 g/mol. The molecule has 1 fully saturated rings. The highest BCUT2D eigenvalue weighted by Crippen LogP contribution is 2.32. The van der Waals surface area contributed by atoms with Crippen LogP contribution >= 0.6 is 0 Å². The highest BCUT2D eigenvalue weighted by Gasteiger charge is 2.39. The third-order valence-electron chi connectivity index (χ3n) is 6.13. The zero-order chi connectivity index (χ0) is 24.1. The van der Waals surface area contributed by atoms with E-state index in [4.69, 9.17) is 4.84 Å². The number of halogens is 3. The molecule has 0 radical (unpaired) electrons. The van der Waals surface area contributed by atoms with E-state index in [-0.39, 0.29) is 36.6 Å². The van der Waals surface area contributed by atoms with E-state index < -0.39 is 23.5 Å². The number of hydrazine groups is 1. The number of carbonyl (C=O) groups excluding carboxylic acids is 2. The number of benzene rings is 1. The van der Waals surface area contributed by atoms with Crippen molar-refractivity contribution in [3.63, 3.8) is 0 Å². The SMILES string of the molecule is CC1=CN(C2CC(=O)N(c3cnn4c3CN(C(=O)Nc3cc(F)c(F)c(F)c3)[C@@H](C)C4)C2)NO1. The van der Waals surface area contributed by atoms with Gasteiger partial charge in [0.25, 0.3) is 0 Å². The second kappa shape index (κ2) is 8.24. The van der Waals surface area contributed by atoms with E-state index in [1.165, 1.54) is 4.90 Å². The van der Waals surface area contributed by atoms with Crippen LogP contribution in [0.1, 0.15) is 26.0 Å². The molecule has 1 unspecified atom stereocenters. The minimum atomic E-state index is -1.60. The van der Waals surface area contributed by atoms with E-state index in [2.05, 4.69) is 16.0 Å². The quantitative estimate of drug-likeness (QED) is 0.660. The van der Waals surface area contributed by atoms with Crippen molar-refractivity contribution in [1.29, 1.82) is 0 Å². The highest BCUT2D eigenvalue weighted by molar-refractivity contribution is 5.97. The van der Waals surface area contributed by atoms with Gasteiger partial charge in [-0.25, -0.2) is 18.0 Å². The molecule has 3 aliphatic heterocycles. The first-order valence-electron chi connectivity index (χ1n) is 10.7. The molecule has 4 heterocycles. The van der Waals surface area contributed by atoms with Gasteiger partial charge < -0.3 is 20.0 Å². The number of urea groups is 1. The van der Waals surface area contributed by atoms with Crippen molar-refractivity contribution in [3.05, 3.63) is 53.4 Å². The second-order valence-corrected chi connectivity index (χ2v) is 8.52. The lowest BCUT2D eigenvalue weighted by Gasteiger charge is -2.35. The Hall–Kier alpha value is -3.74. The number of amides is 3. The summed E-state index contributed by atoms with van der Waals surface area (Å²) in [6.07, 6.45) is 3.65. The maximum atomic E-state index is 13.5. The monoisotopic (exact) mass is 477 g/mol. The predicted molar refractivity (Wildman–Crippen MR) is 113 cm³/mol. The van der Waals surface area contributed by atoms with Gasteiger partial charge in [-0.15, -0.1) is 0 Å². The first-order chi connectivity index (χ1) is 16.2. The molecule has 0 aliphatic carbocycles. The molecule has 2 N–H and O–H groups in total. The van der Waals surface area contributed by atoms with E-state index in [9.17, 15) is 22.8 Å². The number of aromatic nitrogens is 2. The van der Waals surface area contributed by atoms with Gasteiger partial charge >= 0.3 is 6.03 Å². The third kappa shape index (κ3) is 3.81. The summed E-state index contributed by atoms with van der Waals surface area (Å²) in [5.74, 6) is -3.80. The fourth-order valence-corrected chi connectivity index (χ4v) is 4.37. The molecule has 0 spiro atoms. The number of anilines is 2. The van der Waals surface area contributed by atoms with Gasteiger partial charge in [-0.3, -0.25) is 14.5 Å². The summed E-state index contributed by atoms with van der Waals surface area (Å²) in [6.45, 7) is 4.48. The summed E-state index contributed by atoms with van der Waals surface area (Å²) in [5, 5.41) is 8.55. The van der Waals surface area contributed by atoms with Gasteiger partial charge in [-0.2, -0.15) is 5.10 Å². The van der Waals surface area contributed by atoms with Crippen molar-refractivity contribution in [3.8, 4) is 0 Å². The Morgan fingerprint density at radius 2 is 1.97 bits per heavy atom. The Morgan fingerprint density at radius 1 is 1.24 bits per heavy atom. The van der Waals surface area contributed by atoms with E-state index in [1.54, 1.807) is 40.8 Å². The number of allylic oxidation sites excluding steroid dienone is 1. The molecule has 3 aliphatic rings. The lowest BCUT2D eigenvalue weighted by atomic mass is 10.2. The van der Waals surface area contributed by atoms with Crippen LogP contribution in [0.2, 0.25) is 0 Å². The zero-order valence-corrected chi connectivity index (χ0v) is 18.4. The fraction of sp³-hybridized carbons (Fsp3) is 0.381. The van der Waals surface area contributed by atoms with Crippen molar-refractivity contribution in [2.75, 3.05) is 16.8 Å². The van der Waals surface area contributed by atoms with Gasteiger partial charge in [0.1, 0.15) is 5.76 Å². The zero-order valence-electron chi connectivity index (χ0n) is 18.4. The standard InChI is InChI=1S/C21H22F3N7O3/c1-11-7-31-18(10-28(11)21(33)26-13-3-15(22)20(24)16(23)4-13)17(6-25-31)29-9-14(5-19(29)32)30-8-12(2)34-27-30/h3-4,6,8,11,14,27H,5,7,9-10H2,1-2H3,(H,26,33)/t11-,14?/m0/s1. The van der Waals surface area contributed by atoms with Crippen LogP contribution in [0.4, 0.5) is 29.3 Å². The summed E-state index contributed by atoms with van der Waals surface area (Å²) >= 11 is 0. The summed E-state index contributed by atoms with van der Waals surface area (Å²) in [4.78, 5) is 34.0. The number of fused-ring (bicyclic) bond motifs is 1. The minimum Gasteiger partial charge on any atom is -0.392 e. The molecule has 180 valence electrons. The van der Waals surface area contributed by atoms with Crippen LogP contribution in [0, 0.1) is 17.5 Å². The lowest BCUT2D eigenvalue weighted by Crippen LogP contribution is -2.47. The number of hydrogen-bond donors (Lipinski definition) is 2. The van der Waals surface area contributed by atoms with E-state index in [1.807, 2.05) is 0 Å². The topological polar surface area (TPSA) is 95.0 Å². The van der Waals surface area contributed by atoms with Gasteiger partial charge in [0, 0.05) is 24.4 Å². The normalized spacial score (nSPS) is 22.1. The number of nitrogens with one attached hydrogen (secondary N) is 2. The maximum Gasteiger partial charge on any atom is 0.322 e. The smallest absolute Gasteiger partial charge is 0.322 e. The van der Waals surface area contributed by atoms with Crippen molar-refractivity contribution < 1.29 is 27.6 Å². The van der Waals surface area contributed by atoms with Gasteiger partial charge in [0.05, 0.1) is 55.4 Å². The van der Waals surface area contributed by atoms with Crippen molar-refractivity contribution in [2.24, 2.45) is 0 Å². The van der Waals surface area contributed by atoms with E-state index in [0.717, 1.165) is 12.1 Å². The van der Waals surface area contributed by atoms with Gasteiger partial charge in [-0.05, 0) is 13.8 Å². The number of hydrogen-bond acceptors (Lipinski definition) is 6. The Balaban J connectivity index is 1.34.